The van der Waals surface area contributed by atoms with Crippen molar-refractivity contribution in [3.63, 3.8) is 0 Å². The number of aryl methyl sites for hydroxylation is 1. The average molecular weight is 194 g/mol. The predicted octanol–water partition coefficient (Wildman–Crippen LogP) is 2.14. The highest BCUT2D eigenvalue weighted by Gasteiger charge is 2.06. The van der Waals surface area contributed by atoms with Gasteiger partial charge in [-0.3, -0.25) is 4.79 Å². The molecule has 0 saturated carbocycles. The van der Waals surface area contributed by atoms with Gasteiger partial charge in [0, 0.05) is 4.88 Å². The molecule has 0 spiro atoms. The molecule has 1 N–H and O–H groups in total. The number of carbonyl (C=O) groups excluding carboxylic acids is 1. The topological polar surface area (TPSA) is 52.9 Å². The number of carbonyl (C=O) groups is 1. The number of nitrogens with one attached hydrogen (secondary N) is 1. The zero-order valence-electron chi connectivity index (χ0n) is 7.33. The second-order valence-corrected chi connectivity index (χ2v) is 3.72. The number of rotatable bonds is 4. The van der Waals surface area contributed by atoms with Crippen LogP contribution in [-0.2, 0) is 11.2 Å². The molecule has 1 heterocycles. The first-order valence-electron chi connectivity index (χ1n) is 4.04. The predicted molar refractivity (Wildman–Crippen MR) is 52.7 cm³/mol. The molecule has 0 aromatic carbocycles. The summed E-state index contributed by atoms with van der Waals surface area (Å²) >= 11 is 1.47. The highest BCUT2D eigenvalue weighted by atomic mass is 32.1. The average Bonchev–Trinajstić information content (AvgIpc) is 2.49. The molecular weight excluding hydrogens is 184 g/mol. The second-order valence-electron chi connectivity index (χ2n) is 2.58. The minimum Gasteiger partial charge on any atom is -0.319 e. The lowest BCUT2D eigenvalue weighted by atomic mass is 10.2. The third-order valence-electron chi connectivity index (χ3n) is 1.59. The summed E-state index contributed by atoms with van der Waals surface area (Å²) in [5.41, 5.74) is 0.556. The van der Waals surface area contributed by atoms with Gasteiger partial charge < -0.3 is 5.32 Å². The summed E-state index contributed by atoms with van der Waals surface area (Å²) in [6, 6.07) is 3.88. The molecule has 0 saturated heterocycles. The van der Waals surface area contributed by atoms with E-state index in [1.165, 1.54) is 11.3 Å². The summed E-state index contributed by atoms with van der Waals surface area (Å²) < 4.78 is 0. The smallest absolute Gasteiger partial charge is 0.212 e. The molecule has 1 rings (SSSR count). The van der Waals surface area contributed by atoms with Crippen LogP contribution in [0.3, 0.4) is 0 Å². The van der Waals surface area contributed by atoms with Gasteiger partial charge in [-0.15, -0.1) is 11.3 Å². The van der Waals surface area contributed by atoms with Crippen LogP contribution in [0.1, 0.15) is 23.8 Å². The van der Waals surface area contributed by atoms with Crippen LogP contribution in [0.15, 0.2) is 6.07 Å². The zero-order valence-corrected chi connectivity index (χ0v) is 8.15. The Labute approximate surface area is 81.0 Å². The van der Waals surface area contributed by atoms with Gasteiger partial charge in [-0.1, -0.05) is 13.3 Å². The van der Waals surface area contributed by atoms with E-state index in [9.17, 15) is 4.79 Å². The molecule has 0 aliphatic rings. The zero-order chi connectivity index (χ0) is 9.68. The summed E-state index contributed by atoms with van der Waals surface area (Å²) in [6.07, 6.45) is 2.61. The summed E-state index contributed by atoms with van der Waals surface area (Å²) in [7, 11) is 0. The van der Waals surface area contributed by atoms with Gasteiger partial charge in [0.2, 0.25) is 6.41 Å². The molecule has 3 nitrogen and oxygen atoms in total. The van der Waals surface area contributed by atoms with E-state index in [0.29, 0.717) is 17.0 Å². The fraction of sp³-hybridized carbons (Fsp3) is 0.333. The summed E-state index contributed by atoms with van der Waals surface area (Å²) in [5.74, 6) is 0. The molecule has 0 radical (unpaired) electrons. The van der Waals surface area contributed by atoms with E-state index in [0.717, 1.165) is 17.7 Å². The van der Waals surface area contributed by atoms with Gasteiger partial charge in [-0.2, -0.15) is 5.26 Å². The third kappa shape index (κ3) is 2.30. The van der Waals surface area contributed by atoms with E-state index in [1.807, 2.05) is 12.1 Å². The van der Waals surface area contributed by atoms with E-state index in [2.05, 4.69) is 12.2 Å². The molecule has 1 amide bonds. The maximum atomic E-state index is 10.2. The van der Waals surface area contributed by atoms with Crippen molar-refractivity contribution in [2.75, 3.05) is 5.32 Å². The molecule has 68 valence electrons. The fourth-order valence-electron chi connectivity index (χ4n) is 1.06. The molecule has 13 heavy (non-hydrogen) atoms. The largest absolute Gasteiger partial charge is 0.319 e. The van der Waals surface area contributed by atoms with Crippen LogP contribution in [0.2, 0.25) is 0 Å². The molecule has 1 aromatic heterocycles. The summed E-state index contributed by atoms with van der Waals surface area (Å²) in [6.45, 7) is 2.08. The van der Waals surface area contributed by atoms with Crippen LogP contribution in [-0.4, -0.2) is 6.41 Å². The van der Waals surface area contributed by atoms with E-state index in [4.69, 9.17) is 5.26 Å². The molecule has 0 bridgehead atoms. The second kappa shape index (κ2) is 4.63. The lowest BCUT2D eigenvalue weighted by Crippen LogP contribution is -1.91. The molecular formula is C9H10N2OS. The first-order valence-corrected chi connectivity index (χ1v) is 4.86. The van der Waals surface area contributed by atoms with Crippen molar-refractivity contribution in [2.24, 2.45) is 0 Å². The summed E-state index contributed by atoms with van der Waals surface area (Å²) in [5, 5.41) is 11.9. The van der Waals surface area contributed by atoms with Crippen molar-refractivity contribution >= 4 is 22.7 Å². The number of nitrogens with zero attached hydrogens (tertiary/aromatic N) is 1. The van der Waals surface area contributed by atoms with Gasteiger partial charge in [0.05, 0.1) is 5.56 Å². The minimum absolute atomic E-state index is 0.556. The lowest BCUT2D eigenvalue weighted by molar-refractivity contribution is -0.105. The minimum atomic E-state index is 0.556. The third-order valence-corrected chi connectivity index (χ3v) is 2.72. The molecule has 0 aliphatic carbocycles. The van der Waals surface area contributed by atoms with Crippen molar-refractivity contribution in [3.8, 4) is 6.07 Å². The van der Waals surface area contributed by atoms with E-state index in [-0.39, 0.29) is 0 Å². The van der Waals surface area contributed by atoms with Crippen LogP contribution < -0.4 is 5.32 Å². The van der Waals surface area contributed by atoms with Gasteiger partial charge in [0.25, 0.3) is 0 Å². The number of hydrogen-bond acceptors (Lipinski definition) is 3. The molecule has 0 fully saturated rings. The number of nitriles is 1. The van der Waals surface area contributed by atoms with Crippen molar-refractivity contribution < 1.29 is 4.79 Å². The SMILES string of the molecule is CCCc1cc(C#N)c(NC=O)s1. The molecule has 0 unspecified atom stereocenters. The van der Waals surface area contributed by atoms with Crippen LogP contribution in [0.4, 0.5) is 5.00 Å². The van der Waals surface area contributed by atoms with Gasteiger partial charge in [0.15, 0.2) is 0 Å². The standard InChI is InChI=1S/C9H10N2OS/c1-2-3-8-4-7(5-10)9(13-8)11-6-12/h4,6H,2-3H2,1H3,(H,11,12). The number of hydrogen-bond donors (Lipinski definition) is 1. The van der Waals surface area contributed by atoms with Crippen molar-refractivity contribution in [2.45, 2.75) is 19.8 Å². The normalized spacial score (nSPS) is 9.23. The van der Waals surface area contributed by atoms with Crippen LogP contribution in [0.25, 0.3) is 0 Å². The number of thiophene rings is 1. The van der Waals surface area contributed by atoms with E-state index in [1.54, 1.807) is 0 Å². The Morgan fingerprint density at radius 2 is 2.54 bits per heavy atom. The maximum absolute atomic E-state index is 10.2. The van der Waals surface area contributed by atoms with E-state index < -0.39 is 0 Å². The maximum Gasteiger partial charge on any atom is 0.212 e. The highest BCUT2D eigenvalue weighted by Crippen LogP contribution is 2.27. The Hall–Kier alpha value is -1.34. The first-order chi connectivity index (χ1) is 6.31. The molecule has 0 atom stereocenters. The van der Waals surface area contributed by atoms with Gasteiger partial charge in [0.1, 0.15) is 11.1 Å². The Bertz CT molecular complexity index is 338. The molecule has 0 aliphatic heterocycles. The quantitative estimate of drug-likeness (QED) is 0.746. The van der Waals surface area contributed by atoms with E-state index >= 15 is 0 Å². The highest BCUT2D eigenvalue weighted by molar-refractivity contribution is 7.16. The van der Waals surface area contributed by atoms with Crippen molar-refractivity contribution in [3.05, 3.63) is 16.5 Å². The summed E-state index contributed by atoms with van der Waals surface area (Å²) in [4.78, 5) is 11.3. The first kappa shape index (κ1) is 9.75. The van der Waals surface area contributed by atoms with Gasteiger partial charge in [-0.05, 0) is 12.5 Å². The number of anilines is 1. The Morgan fingerprint density at radius 1 is 1.77 bits per heavy atom. The van der Waals surface area contributed by atoms with Gasteiger partial charge >= 0.3 is 0 Å². The monoisotopic (exact) mass is 194 g/mol. The van der Waals surface area contributed by atoms with Crippen LogP contribution in [0.5, 0.6) is 0 Å². The van der Waals surface area contributed by atoms with Crippen LogP contribution >= 0.6 is 11.3 Å². The van der Waals surface area contributed by atoms with Crippen LogP contribution in [0, 0.1) is 11.3 Å². The Kier molecular flexibility index (Phi) is 3.47. The Morgan fingerprint density at radius 3 is 3.08 bits per heavy atom. The van der Waals surface area contributed by atoms with Crippen molar-refractivity contribution in [1.29, 1.82) is 5.26 Å². The molecule has 1 aromatic rings. The molecule has 4 heteroatoms. The number of amides is 1. The van der Waals surface area contributed by atoms with Crippen molar-refractivity contribution in [1.82, 2.24) is 0 Å². The fourth-order valence-corrected chi connectivity index (χ4v) is 2.12. The van der Waals surface area contributed by atoms with Gasteiger partial charge in [-0.25, -0.2) is 0 Å². The lowest BCUT2D eigenvalue weighted by Gasteiger charge is -1.90. The Balaban J connectivity index is 2.91.